The average Bonchev–Trinajstić information content (AvgIpc) is 2.50. The Balaban J connectivity index is 2.07. The minimum atomic E-state index is 0.0427. The van der Waals surface area contributed by atoms with Gasteiger partial charge in [0.05, 0.1) is 4.95 Å². The monoisotopic (exact) mass is 369 g/mol. The van der Waals surface area contributed by atoms with Crippen molar-refractivity contribution in [2.75, 3.05) is 7.05 Å². The number of alkyl halides is 1. The van der Waals surface area contributed by atoms with E-state index in [4.69, 9.17) is 0 Å². The van der Waals surface area contributed by atoms with Crippen LogP contribution in [0.15, 0.2) is 54.6 Å². The van der Waals surface area contributed by atoms with Crippen molar-refractivity contribution in [1.82, 2.24) is 4.90 Å². The zero-order chi connectivity index (χ0) is 16.9. The topological polar surface area (TPSA) is 3.24 Å². The Morgan fingerprint density at radius 3 is 2.57 bits per heavy atom. The van der Waals surface area contributed by atoms with Gasteiger partial charge in [0, 0.05) is 12.0 Å². The Bertz CT molecular complexity index is 738. The van der Waals surface area contributed by atoms with Gasteiger partial charge in [-0.1, -0.05) is 70.2 Å². The lowest BCUT2D eigenvalue weighted by Gasteiger charge is -2.21. The van der Waals surface area contributed by atoms with E-state index in [1.54, 1.807) is 0 Å². The smallest absolute Gasteiger partial charge is 0.0851 e. The van der Waals surface area contributed by atoms with Gasteiger partial charge >= 0.3 is 0 Å². The molecule has 0 amide bonds. The Hall–Kier alpha value is -1.56. The molecule has 0 aromatic heterocycles. The van der Waals surface area contributed by atoms with Gasteiger partial charge in [-0.2, -0.15) is 0 Å². The third-order valence-corrected chi connectivity index (χ3v) is 4.51. The van der Waals surface area contributed by atoms with Crippen LogP contribution in [0.2, 0.25) is 0 Å². The normalized spacial score (nSPS) is 13.3. The molecule has 2 heteroatoms. The summed E-state index contributed by atoms with van der Waals surface area (Å²) < 4.78 is 0. The van der Waals surface area contributed by atoms with Crippen molar-refractivity contribution in [3.8, 4) is 11.8 Å². The molecule has 0 aliphatic carbocycles. The van der Waals surface area contributed by atoms with Gasteiger partial charge < -0.3 is 0 Å². The summed E-state index contributed by atoms with van der Waals surface area (Å²) in [5.41, 5.74) is 1.38. The molecule has 2 rings (SSSR count). The van der Waals surface area contributed by atoms with Crippen molar-refractivity contribution in [3.63, 3.8) is 0 Å². The molecule has 1 atom stereocenters. The number of hydrogen-bond acceptors (Lipinski definition) is 1. The van der Waals surface area contributed by atoms with Gasteiger partial charge in [0.1, 0.15) is 0 Å². The molecule has 0 radical (unpaired) electrons. The summed E-state index contributed by atoms with van der Waals surface area (Å²) in [6.07, 6.45) is 4.02. The molecule has 23 heavy (non-hydrogen) atoms. The van der Waals surface area contributed by atoms with E-state index in [0.717, 1.165) is 6.54 Å². The Morgan fingerprint density at radius 1 is 1.13 bits per heavy atom. The van der Waals surface area contributed by atoms with Crippen LogP contribution in [0.5, 0.6) is 0 Å². The summed E-state index contributed by atoms with van der Waals surface area (Å²) in [5.74, 6) is 6.33. The van der Waals surface area contributed by atoms with Crippen LogP contribution >= 0.6 is 15.9 Å². The lowest BCUT2D eigenvalue weighted by atomic mass is 9.98. The van der Waals surface area contributed by atoms with E-state index in [1.807, 2.05) is 6.08 Å². The molecule has 2 aromatic carbocycles. The predicted octanol–water partition coefficient (Wildman–Crippen LogP) is 5.60. The van der Waals surface area contributed by atoms with Crippen LogP contribution in [0.25, 0.3) is 10.8 Å². The summed E-state index contributed by atoms with van der Waals surface area (Å²) in [7, 11) is 2.11. The molecule has 0 saturated heterocycles. The standard InChI is InChI=1S/C21H24BrN/c1-21(2,3)15-8-7-14-20(22)23(4)16-18-12-9-11-17-10-5-6-13-19(17)18/h5-7,9-14,20H,16H2,1-4H3/b14-7+. The minimum absolute atomic E-state index is 0.0427. The first-order chi connectivity index (χ1) is 10.9. The van der Waals surface area contributed by atoms with Crippen molar-refractivity contribution in [2.45, 2.75) is 32.3 Å². The number of likely N-dealkylation sites (N-methyl/N-ethyl adjacent to an activating group) is 1. The molecular weight excluding hydrogens is 346 g/mol. The van der Waals surface area contributed by atoms with Crippen molar-refractivity contribution in [2.24, 2.45) is 5.41 Å². The highest BCUT2D eigenvalue weighted by Crippen LogP contribution is 2.21. The Kier molecular flexibility index (Phi) is 6.04. The minimum Gasteiger partial charge on any atom is -0.286 e. The van der Waals surface area contributed by atoms with E-state index in [9.17, 15) is 0 Å². The number of nitrogens with zero attached hydrogens (tertiary/aromatic N) is 1. The highest BCUT2D eigenvalue weighted by molar-refractivity contribution is 9.09. The molecule has 0 N–H and O–H groups in total. The van der Waals surface area contributed by atoms with Gasteiger partial charge in [-0.3, -0.25) is 4.90 Å². The maximum absolute atomic E-state index is 3.72. The maximum Gasteiger partial charge on any atom is 0.0851 e. The quantitative estimate of drug-likeness (QED) is 0.385. The molecule has 2 aromatic rings. The third kappa shape index (κ3) is 5.53. The van der Waals surface area contributed by atoms with Crippen LogP contribution < -0.4 is 0 Å². The van der Waals surface area contributed by atoms with E-state index < -0.39 is 0 Å². The van der Waals surface area contributed by atoms with Gasteiger partial charge in [-0.05, 0) is 56.3 Å². The summed E-state index contributed by atoms with van der Waals surface area (Å²) in [4.78, 5) is 2.42. The molecular formula is C21H24BrN. The van der Waals surface area contributed by atoms with Gasteiger partial charge in [0.25, 0.3) is 0 Å². The zero-order valence-corrected chi connectivity index (χ0v) is 15.9. The van der Waals surface area contributed by atoms with Crippen molar-refractivity contribution < 1.29 is 0 Å². The van der Waals surface area contributed by atoms with E-state index in [0.29, 0.717) is 0 Å². The zero-order valence-electron chi connectivity index (χ0n) is 14.3. The molecule has 1 nitrogen and oxygen atoms in total. The summed E-state index contributed by atoms with van der Waals surface area (Å²) in [5, 5.41) is 2.61. The average molecular weight is 370 g/mol. The predicted molar refractivity (Wildman–Crippen MR) is 105 cm³/mol. The highest BCUT2D eigenvalue weighted by atomic mass is 79.9. The van der Waals surface area contributed by atoms with Crippen LogP contribution in [0, 0.1) is 17.3 Å². The summed E-state index contributed by atoms with van der Waals surface area (Å²) >= 11 is 3.72. The number of fused-ring (bicyclic) bond motifs is 1. The van der Waals surface area contributed by atoms with Crippen LogP contribution in [-0.2, 0) is 6.54 Å². The Morgan fingerprint density at radius 2 is 1.83 bits per heavy atom. The molecule has 0 aliphatic heterocycles. The third-order valence-electron chi connectivity index (χ3n) is 3.51. The largest absolute Gasteiger partial charge is 0.286 e. The fraction of sp³-hybridized carbons (Fsp3) is 0.333. The fourth-order valence-corrected chi connectivity index (χ4v) is 2.62. The molecule has 0 fully saturated rings. The number of halogens is 1. The molecule has 1 unspecified atom stereocenters. The summed E-state index contributed by atoms with van der Waals surface area (Å²) in [6.45, 7) is 7.23. The van der Waals surface area contributed by atoms with Gasteiger partial charge in [-0.15, -0.1) is 0 Å². The first kappa shape index (κ1) is 17.8. The first-order valence-corrected chi connectivity index (χ1v) is 8.79. The van der Waals surface area contributed by atoms with Gasteiger partial charge in [-0.25, -0.2) is 0 Å². The molecule has 0 aliphatic rings. The van der Waals surface area contributed by atoms with E-state index in [2.05, 4.69) is 109 Å². The number of benzene rings is 2. The SMILES string of the molecule is CN(Cc1cccc2ccccc12)C(Br)/C=C/C#CC(C)(C)C. The molecule has 0 spiro atoms. The van der Waals surface area contributed by atoms with Crippen LogP contribution in [0.3, 0.4) is 0 Å². The molecule has 0 saturated carbocycles. The molecule has 120 valence electrons. The summed E-state index contributed by atoms with van der Waals surface area (Å²) in [6, 6.07) is 15.0. The maximum atomic E-state index is 3.72. The van der Waals surface area contributed by atoms with Crippen LogP contribution in [0.4, 0.5) is 0 Å². The lowest BCUT2D eigenvalue weighted by Crippen LogP contribution is -2.24. The van der Waals surface area contributed by atoms with E-state index in [-0.39, 0.29) is 10.4 Å². The van der Waals surface area contributed by atoms with Crippen molar-refractivity contribution >= 4 is 26.7 Å². The second-order valence-electron chi connectivity index (χ2n) is 6.80. The van der Waals surface area contributed by atoms with Crippen LogP contribution in [-0.4, -0.2) is 16.9 Å². The Labute approximate surface area is 148 Å². The number of rotatable bonds is 4. The second kappa shape index (κ2) is 7.81. The van der Waals surface area contributed by atoms with E-state index >= 15 is 0 Å². The first-order valence-electron chi connectivity index (χ1n) is 7.87. The number of hydrogen-bond donors (Lipinski definition) is 0. The number of allylic oxidation sites excluding steroid dienone is 1. The van der Waals surface area contributed by atoms with Crippen LogP contribution in [0.1, 0.15) is 26.3 Å². The van der Waals surface area contributed by atoms with Gasteiger partial charge in [0.15, 0.2) is 0 Å². The van der Waals surface area contributed by atoms with Crippen molar-refractivity contribution in [3.05, 3.63) is 60.2 Å². The van der Waals surface area contributed by atoms with Crippen molar-refractivity contribution in [1.29, 1.82) is 0 Å². The second-order valence-corrected chi connectivity index (χ2v) is 7.74. The molecule has 0 heterocycles. The van der Waals surface area contributed by atoms with E-state index in [1.165, 1.54) is 16.3 Å². The highest BCUT2D eigenvalue weighted by Gasteiger charge is 2.09. The van der Waals surface area contributed by atoms with Gasteiger partial charge in [0.2, 0.25) is 0 Å². The molecule has 0 bridgehead atoms. The fourth-order valence-electron chi connectivity index (χ4n) is 2.32. The lowest BCUT2D eigenvalue weighted by molar-refractivity contribution is 0.346.